The highest BCUT2D eigenvalue weighted by atomic mass is 35.5. The average molecular weight is 375 g/mol. The van der Waals surface area contributed by atoms with Gasteiger partial charge in [-0.2, -0.15) is 0 Å². The third-order valence-corrected chi connectivity index (χ3v) is 5.05. The van der Waals surface area contributed by atoms with Gasteiger partial charge < -0.3 is 15.5 Å². The van der Waals surface area contributed by atoms with Crippen molar-refractivity contribution in [2.24, 2.45) is 11.8 Å². The summed E-state index contributed by atoms with van der Waals surface area (Å²) in [7, 11) is 0. The van der Waals surface area contributed by atoms with Crippen LogP contribution < -0.4 is 10.6 Å². The van der Waals surface area contributed by atoms with E-state index in [1.54, 1.807) is 12.4 Å². The maximum atomic E-state index is 12.3. The van der Waals surface area contributed by atoms with Crippen LogP contribution >= 0.6 is 24.8 Å². The molecule has 0 aliphatic carbocycles. The van der Waals surface area contributed by atoms with Gasteiger partial charge in [0.1, 0.15) is 0 Å². The molecule has 0 atom stereocenters. The molecule has 2 N–H and O–H groups in total. The maximum Gasteiger partial charge on any atom is 0.241 e. The maximum absolute atomic E-state index is 12.3. The van der Waals surface area contributed by atoms with Crippen LogP contribution in [0.25, 0.3) is 0 Å². The van der Waals surface area contributed by atoms with Gasteiger partial charge >= 0.3 is 0 Å². The van der Waals surface area contributed by atoms with E-state index in [0.29, 0.717) is 6.54 Å². The average Bonchev–Trinajstić information content (AvgIpc) is 2.61. The van der Waals surface area contributed by atoms with Crippen LogP contribution in [0, 0.1) is 11.8 Å². The first-order valence-electron chi connectivity index (χ1n) is 8.45. The molecule has 136 valence electrons. The number of hydrogen-bond donors (Lipinski definition) is 2. The van der Waals surface area contributed by atoms with Gasteiger partial charge in [-0.25, -0.2) is 0 Å². The number of likely N-dealkylation sites (tertiary alicyclic amines) is 1. The quantitative estimate of drug-likeness (QED) is 0.850. The lowest BCUT2D eigenvalue weighted by Crippen LogP contribution is -2.43. The molecule has 1 aromatic heterocycles. The molecule has 1 amide bonds. The van der Waals surface area contributed by atoms with Gasteiger partial charge in [0.15, 0.2) is 0 Å². The molecule has 2 aliphatic heterocycles. The van der Waals surface area contributed by atoms with Gasteiger partial charge in [-0.15, -0.1) is 24.8 Å². The third-order valence-electron chi connectivity index (χ3n) is 5.05. The minimum atomic E-state index is 0. The molecule has 0 bridgehead atoms. The summed E-state index contributed by atoms with van der Waals surface area (Å²) in [5.74, 6) is 1.89. The second-order valence-corrected chi connectivity index (χ2v) is 6.40. The zero-order chi connectivity index (χ0) is 15.2. The van der Waals surface area contributed by atoms with Gasteiger partial charge in [0.2, 0.25) is 5.91 Å². The largest absolute Gasteiger partial charge is 0.375 e. The van der Waals surface area contributed by atoms with Gasteiger partial charge in [0.25, 0.3) is 0 Å². The Balaban J connectivity index is 0.00000144. The molecule has 3 rings (SSSR count). The normalized spacial score (nSPS) is 19.1. The highest BCUT2D eigenvalue weighted by Gasteiger charge is 2.28. The lowest BCUT2D eigenvalue weighted by molar-refractivity contribution is -0.131. The van der Waals surface area contributed by atoms with Gasteiger partial charge in [-0.3, -0.25) is 9.78 Å². The Morgan fingerprint density at radius 3 is 2.46 bits per heavy atom. The summed E-state index contributed by atoms with van der Waals surface area (Å²) in [6, 6.07) is 3.81. The van der Waals surface area contributed by atoms with Crippen molar-refractivity contribution in [3.05, 3.63) is 24.5 Å². The number of amides is 1. The monoisotopic (exact) mass is 374 g/mol. The number of carbonyl (C=O) groups excluding carboxylic acids is 1. The molecule has 0 unspecified atom stereocenters. The standard InChI is InChI=1S/C17H26N4O.2ClH/c22-17(13-20-16-2-1-7-19-12-16)21-10-5-15(6-11-21)14-3-8-18-9-4-14;;/h1-2,7,12,14-15,18,20H,3-6,8-11,13H2;2*1H. The van der Waals surface area contributed by atoms with E-state index in [2.05, 4.69) is 15.6 Å². The van der Waals surface area contributed by atoms with Crippen LogP contribution in [0.5, 0.6) is 0 Å². The molecule has 1 aromatic rings. The molecule has 0 aromatic carbocycles. The Kier molecular flexibility index (Phi) is 9.41. The summed E-state index contributed by atoms with van der Waals surface area (Å²) < 4.78 is 0. The van der Waals surface area contributed by atoms with E-state index in [9.17, 15) is 4.79 Å². The Bertz CT molecular complexity index is 475. The summed E-state index contributed by atoms with van der Waals surface area (Å²) in [5.41, 5.74) is 0.903. The van der Waals surface area contributed by atoms with Crippen molar-refractivity contribution in [3.63, 3.8) is 0 Å². The van der Waals surface area contributed by atoms with Crippen LogP contribution in [-0.4, -0.2) is 48.5 Å². The van der Waals surface area contributed by atoms with E-state index < -0.39 is 0 Å². The minimum Gasteiger partial charge on any atom is -0.375 e. The molecular formula is C17H28Cl2N4O. The van der Waals surface area contributed by atoms with Gasteiger partial charge in [-0.1, -0.05) is 0 Å². The number of rotatable bonds is 4. The third kappa shape index (κ3) is 5.80. The molecule has 5 nitrogen and oxygen atoms in total. The summed E-state index contributed by atoms with van der Waals surface area (Å²) in [4.78, 5) is 18.3. The minimum absolute atomic E-state index is 0. The van der Waals surface area contributed by atoms with E-state index >= 15 is 0 Å². The second kappa shape index (κ2) is 10.7. The summed E-state index contributed by atoms with van der Waals surface area (Å²) in [6.07, 6.45) is 8.43. The lowest BCUT2D eigenvalue weighted by Gasteiger charge is -2.37. The van der Waals surface area contributed by atoms with E-state index in [1.165, 1.54) is 38.8 Å². The first kappa shape index (κ1) is 21.0. The first-order valence-corrected chi connectivity index (χ1v) is 8.45. The number of nitrogens with zero attached hydrogens (tertiary/aromatic N) is 2. The van der Waals surface area contributed by atoms with Crippen molar-refractivity contribution in [3.8, 4) is 0 Å². The van der Waals surface area contributed by atoms with E-state index in [-0.39, 0.29) is 30.7 Å². The fraction of sp³-hybridized carbons (Fsp3) is 0.647. The number of aromatic nitrogens is 1. The van der Waals surface area contributed by atoms with Gasteiger partial charge in [0.05, 0.1) is 12.2 Å². The Morgan fingerprint density at radius 2 is 1.83 bits per heavy atom. The molecule has 2 aliphatic rings. The van der Waals surface area contributed by atoms with Crippen LogP contribution in [0.4, 0.5) is 5.69 Å². The predicted octanol–water partition coefficient (Wildman–Crippen LogP) is 2.58. The number of carbonyl (C=O) groups is 1. The van der Waals surface area contributed by atoms with Gasteiger partial charge in [-0.05, 0) is 62.7 Å². The number of pyridine rings is 1. The highest BCUT2D eigenvalue weighted by molar-refractivity contribution is 5.85. The van der Waals surface area contributed by atoms with Gasteiger partial charge in [0, 0.05) is 25.5 Å². The van der Waals surface area contributed by atoms with E-state index in [1.807, 2.05) is 17.0 Å². The van der Waals surface area contributed by atoms with Crippen molar-refractivity contribution >= 4 is 36.4 Å². The molecule has 24 heavy (non-hydrogen) atoms. The SMILES string of the molecule is Cl.Cl.O=C(CNc1cccnc1)N1CCC(C2CCNCC2)CC1. The zero-order valence-corrected chi connectivity index (χ0v) is 15.6. The Labute approximate surface area is 156 Å². The predicted molar refractivity (Wildman–Crippen MR) is 102 cm³/mol. The molecule has 2 fully saturated rings. The molecule has 3 heterocycles. The summed E-state index contributed by atoms with van der Waals surface area (Å²) in [5, 5.41) is 6.59. The highest BCUT2D eigenvalue weighted by Crippen LogP contribution is 2.30. The fourth-order valence-corrected chi connectivity index (χ4v) is 3.69. The first-order chi connectivity index (χ1) is 10.8. The van der Waals surface area contributed by atoms with Crippen molar-refractivity contribution < 1.29 is 4.79 Å². The number of halogens is 2. The topological polar surface area (TPSA) is 57.3 Å². The van der Waals surface area contributed by atoms with Crippen molar-refractivity contribution in [1.82, 2.24) is 15.2 Å². The smallest absolute Gasteiger partial charge is 0.241 e. The molecule has 0 spiro atoms. The number of nitrogens with one attached hydrogen (secondary N) is 2. The fourth-order valence-electron chi connectivity index (χ4n) is 3.69. The van der Waals surface area contributed by atoms with Crippen LogP contribution in [0.2, 0.25) is 0 Å². The summed E-state index contributed by atoms with van der Waals surface area (Å²) >= 11 is 0. The molecule has 2 saturated heterocycles. The number of hydrogen-bond acceptors (Lipinski definition) is 4. The van der Waals surface area contributed by atoms with Crippen LogP contribution in [-0.2, 0) is 4.79 Å². The van der Waals surface area contributed by atoms with E-state index in [4.69, 9.17) is 0 Å². The molecule has 7 heteroatoms. The Morgan fingerprint density at radius 1 is 1.17 bits per heavy atom. The Hall–Kier alpha value is -1.04. The van der Waals surface area contributed by atoms with Crippen molar-refractivity contribution in [1.29, 1.82) is 0 Å². The molecule has 0 radical (unpaired) electrons. The lowest BCUT2D eigenvalue weighted by atomic mass is 9.79. The molecular weight excluding hydrogens is 347 g/mol. The van der Waals surface area contributed by atoms with Crippen molar-refractivity contribution in [2.45, 2.75) is 25.7 Å². The van der Waals surface area contributed by atoms with Crippen LogP contribution in [0.3, 0.4) is 0 Å². The molecule has 0 saturated carbocycles. The number of anilines is 1. The van der Waals surface area contributed by atoms with Crippen LogP contribution in [0.1, 0.15) is 25.7 Å². The summed E-state index contributed by atoms with van der Waals surface area (Å²) in [6.45, 7) is 4.53. The van der Waals surface area contributed by atoms with E-state index in [0.717, 1.165) is 30.6 Å². The second-order valence-electron chi connectivity index (χ2n) is 6.40. The van der Waals surface area contributed by atoms with Crippen molar-refractivity contribution in [2.75, 3.05) is 38.0 Å². The zero-order valence-electron chi connectivity index (χ0n) is 13.9. The van der Waals surface area contributed by atoms with Crippen LogP contribution in [0.15, 0.2) is 24.5 Å². The number of piperidine rings is 2.